The molecular formula is C26H23BrFN7O3S2. The van der Waals surface area contributed by atoms with E-state index in [4.69, 9.17) is 10.3 Å². The van der Waals surface area contributed by atoms with E-state index in [0.717, 1.165) is 0 Å². The second-order valence-corrected chi connectivity index (χ2v) is 13.3. The lowest BCUT2D eigenvalue weighted by atomic mass is 9.68. The highest BCUT2D eigenvalue weighted by atomic mass is 79.9. The second-order valence-electron chi connectivity index (χ2n) is 10.2. The van der Waals surface area contributed by atoms with Crippen LogP contribution < -0.4 is 16.0 Å². The largest absolute Gasteiger partial charge is 0.384 e. The molecule has 3 heterocycles. The predicted molar refractivity (Wildman–Crippen MR) is 152 cm³/mol. The van der Waals surface area contributed by atoms with E-state index in [2.05, 4.69) is 42.7 Å². The summed E-state index contributed by atoms with van der Waals surface area (Å²) in [5, 5.41) is 25.4. The first-order chi connectivity index (χ1) is 19.0. The molecule has 2 aliphatic rings. The number of nitrogens with two attached hydrogens (primary N) is 1. The average Bonchev–Trinajstić information content (AvgIpc) is 3.50. The number of amides is 1. The number of benzene rings is 1. The number of carbonyl (C=O) groups is 2. The number of hydrogen-bond acceptors (Lipinski definition) is 11. The number of anilines is 2. The number of ketones is 1. The topological polar surface area (TPSA) is 151 Å². The first-order valence-corrected chi connectivity index (χ1v) is 14.7. The second kappa shape index (κ2) is 10.8. The molecule has 1 unspecified atom stereocenters. The summed E-state index contributed by atoms with van der Waals surface area (Å²) < 4.78 is 21.2. The van der Waals surface area contributed by atoms with Crippen LogP contribution in [0.2, 0.25) is 0 Å². The molecule has 3 N–H and O–H groups in total. The van der Waals surface area contributed by atoms with Crippen LogP contribution in [0.15, 0.2) is 60.3 Å². The van der Waals surface area contributed by atoms with E-state index >= 15 is 4.39 Å². The van der Waals surface area contributed by atoms with Gasteiger partial charge in [-0.25, -0.2) is 4.39 Å². The molecule has 5 rings (SSSR count). The van der Waals surface area contributed by atoms with Gasteiger partial charge >= 0.3 is 0 Å². The fourth-order valence-electron chi connectivity index (χ4n) is 4.86. The minimum absolute atomic E-state index is 0.0414. The molecule has 14 heteroatoms. The molecule has 3 aromatic rings. The smallest absolute Gasteiger partial charge is 0.236 e. The van der Waals surface area contributed by atoms with Gasteiger partial charge in [0, 0.05) is 33.8 Å². The molecule has 0 radical (unpaired) electrons. The molecule has 0 saturated heterocycles. The van der Waals surface area contributed by atoms with Crippen LogP contribution in [0.1, 0.15) is 43.9 Å². The number of nitriles is 1. The Hall–Kier alpha value is -3.54. The van der Waals surface area contributed by atoms with Crippen LogP contribution in [0.25, 0.3) is 0 Å². The maximum Gasteiger partial charge on any atom is 0.236 e. The first-order valence-electron chi connectivity index (χ1n) is 12.1. The van der Waals surface area contributed by atoms with Crippen molar-refractivity contribution in [1.82, 2.24) is 15.4 Å². The number of halogens is 2. The molecule has 1 atom stereocenters. The zero-order valence-corrected chi connectivity index (χ0v) is 24.8. The lowest BCUT2D eigenvalue weighted by molar-refractivity contribution is -0.118. The SMILES string of the molecule is Cc1cc(NC(=O)CSc2nnc(N3C(N)=C(C#N)C(c4ccc(Br)cc4F)C4=C3CC(C)(C)CC4=O)s2)no1. The van der Waals surface area contributed by atoms with Crippen molar-refractivity contribution in [2.75, 3.05) is 16.0 Å². The highest BCUT2D eigenvalue weighted by Gasteiger charge is 2.46. The molecule has 1 aliphatic carbocycles. The minimum atomic E-state index is -0.946. The van der Waals surface area contributed by atoms with E-state index in [9.17, 15) is 14.9 Å². The van der Waals surface area contributed by atoms with Crippen LogP contribution in [-0.4, -0.2) is 32.8 Å². The van der Waals surface area contributed by atoms with Crippen LogP contribution in [0, 0.1) is 29.5 Å². The number of thioether (sulfide) groups is 1. The summed E-state index contributed by atoms with van der Waals surface area (Å²) in [7, 11) is 0. The lowest BCUT2D eigenvalue weighted by Crippen LogP contribution is -2.42. The third-order valence-corrected chi connectivity index (χ3v) is 9.00. The van der Waals surface area contributed by atoms with E-state index in [0.29, 0.717) is 43.2 Å². The summed E-state index contributed by atoms with van der Waals surface area (Å²) in [6.07, 6.45) is 0.689. The summed E-state index contributed by atoms with van der Waals surface area (Å²) >= 11 is 5.60. The number of carbonyl (C=O) groups excluding carboxylic acids is 2. The van der Waals surface area contributed by atoms with Crippen LogP contribution in [0.3, 0.4) is 0 Å². The zero-order chi connectivity index (χ0) is 28.8. The first kappa shape index (κ1) is 28.0. The summed E-state index contributed by atoms with van der Waals surface area (Å²) in [6, 6.07) is 8.26. The Morgan fingerprint density at radius 2 is 2.15 bits per heavy atom. The van der Waals surface area contributed by atoms with Crippen LogP contribution in [0.4, 0.5) is 15.3 Å². The van der Waals surface area contributed by atoms with Crippen molar-refractivity contribution in [1.29, 1.82) is 5.26 Å². The molecular weight excluding hydrogens is 621 g/mol. The van der Waals surface area contributed by atoms with Gasteiger partial charge in [0.2, 0.25) is 11.0 Å². The normalized spacial score (nSPS) is 18.6. The molecule has 1 aliphatic heterocycles. The van der Waals surface area contributed by atoms with Crippen molar-refractivity contribution in [2.45, 2.75) is 43.9 Å². The highest BCUT2D eigenvalue weighted by molar-refractivity contribution is 9.10. The van der Waals surface area contributed by atoms with E-state index < -0.39 is 17.2 Å². The monoisotopic (exact) mass is 643 g/mol. The van der Waals surface area contributed by atoms with Gasteiger partial charge in [0.15, 0.2) is 15.9 Å². The number of nitrogens with one attached hydrogen (secondary N) is 1. The number of rotatable bonds is 6. The van der Waals surface area contributed by atoms with Crippen molar-refractivity contribution in [2.24, 2.45) is 11.1 Å². The maximum absolute atomic E-state index is 15.2. The van der Waals surface area contributed by atoms with Crippen molar-refractivity contribution in [3.05, 3.63) is 68.5 Å². The quantitative estimate of drug-likeness (QED) is 0.334. The van der Waals surface area contributed by atoms with Gasteiger partial charge in [0.25, 0.3) is 0 Å². The van der Waals surface area contributed by atoms with Gasteiger partial charge in [-0.2, -0.15) is 5.26 Å². The number of aromatic nitrogens is 3. The Morgan fingerprint density at radius 1 is 1.38 bits per heavy atom. The van der Waals surface area contributed by atoms with E-state index in [1.165, 1.54) is 29.2 Å². The fraction of sp³-hybridized carbons (Fsp3) is 0.308. The molecule has 1 aromatic carbocycles. The third-order valence-electron chi connectivity index (χ3n) is 6.46. The molecule has 0 fully saturated rings. The number of nitrogens with zero attached hydrogens (tertiary/aromatic N) is 5. The van der Waals surface area contributed by atoms with Crippen molar-refractivity contribution < 1.29 is 18.5 Å². The van der Waals surface area contributed by atoms with Gasteiger partial charge < -0.3 is 15.6 Å². The lowest BCUT2D eigenvalue weighted by Gasteiger charge is -2.42. The van der Waals surface area contributed by atoms with Gasteiger partial charge in [0.1, 0.15) is 17.4 Å². The Bertz CT molecular complexity index is 1640. The number of Topliss-reactive ketones (excluding diaryl/α,β-unsaturated/α-hetero) is 1. The van der Waals surface area contributed by atoms with Crippen molar-refractivity contribution in [3.63, 3.8) is 0 Å². The number of aryl methyl sites for hydroxylation is 1. The minimum Gasteiger partial charge on any atom is -0.384 e. The maximum atomic E-state index is 15.2. The van der Waals surface area contributed by atoms with E-state index in [1.807, 2.05) is 13.8 Å². The molecule has 10 nitrogen and oxygen atoms in total. The van der Waals surface area contributed by atoms with E-state index in [1.54, 1.807) is 30.0 Å². The van der Waals surface area contributed by atoms with Gasteiger partial charge in [-0.15, -0.1) is 10.2 Å². The van der Waals surface area contributed by atoms with Crippen molar-refractivity contribution in [3.8, 4) is 6.07 Å². The van der Waals surface area contributed by atoms with Gasteiger partial charge in [-0.05, 0) is 30.9 Å². The van der Waals surface area contributed by atoms with Crippen LogP contribution in [-0.2, 0) is 9.59 Å². The third kappa shape index (κ3) is 5.41. The number of hydrogen-bond donors (Lipinski definition) is 2. The summed E-state index contributed by atoms with van der Waals surface area (Å²) in [4.78, 5) is 27.5. The summed E-state index contributed by atoms with van der Waals surface area (Å²) in [5.74, 6) is -0.984. The molecule has 2 aromatic heterocycles. The van der Waals surface area contributed by atoms with Gasteiger partial charge in [-0.1, -0.05) is 64.1 Å². The molecule has 40 heavy (non-hydrogen) atoms. The van der Waals surface area contributed by atoms with Gasteiger partial charge in [-0.3, -0.25) is 14.5 Å². The zero-order valence-electron chi connectivity index (χ0n) is 21.6. The Kier molecular flexibility index (Phi) is 7.56. The molecule has 0 saturated carbocycles. The molecule has 1 amide bonds. The fourth-order valence-corrected chi connectivity index (χ4v) is 6.87. The number of allylic oxidation sites excluding steroid dienone is 3. The van der Waals surface area contributed by atoms with Gasteiger partial charge in [0.05, 0.1) is 23.3 Å². The summed E-state index contributed by atoms with van der Waals surface area (Å²) in [6.45, 7) is 5.66. The van der Waals surface area contributed by atoms with Crippen LogP contribution >= 0.6 is 39.0 Å². The molecule has 0 bridgehead atoms. The molecule has 206 valence electrons. The van der Waals surface area contributed by atoms with Crippen molar-refractivity contribution >= 4 is 61.7 Å². The van der Waals surface area contributed by atoms with Crippen LogP contribution in [0.5, 0.6) is 0 Å². The predicted octanol–water partition coefficient (Wildman–Crippen LogP) is 5.41. The van der Waals surface area contributed by atoms with E-state index in [-0.39, 0.29) is 40.8 Å². The highest BCUT2D eigenvalue weighted by Crippen LogP contribution is 2.51. The summed E-state index contributed by atoms with van der Waals surface area (Å²) in [5.41, 5.74) is 7.34. The Balaban J connectivity index is 1.50. The average molecular weight is 645 g/mol. The Morgan fingerprint density at radius 3 is 2.83 bits per heavy atom. The molecule has 0 spiro atoms. The standard InChI is InChI=1S/C26H23BrFN7O3S2/c1-12-6-19(34-38-12)31-20(37)11-39-25-33-32-24(40-25)35-17-8-26(2,3)9-18(36)22(17)21(15(10-29)23(35)30)14-5-4-13(27)7-16(14)28/h4-7,21H,8-9,11,30H2,1-3H3,(H,31,34,37). The Labute approximate surface area is 245 Å².